The number of benzene rings is 1. The summed E-state index contributed by atoms with van der Waals surface area (Å²) in [6.07, 6.45) is 0. The highest BCUT2D eigenvalue weighted by Gasteiger charge is 2.16. The maximum Gasteiger partial charge on any atom is 0.261 e. The lowest BCUT2D eigenvalue weighted by molar-refractivity contribution is -0.122. The van der Waals surface area contributed by atoms with Gasteiger partial charge in [-0.05, 0) is 42.0 Å². The van der Waals surface area contributed by atoms with Gasteiger partial charge in [0.1, 0.15) is 11.8 Å². The van der Waals surface area contributed by atoms with Gasteiger partial charge >= 0.3 is 0 Å². The Bertz CT molecular complexity index is 681. The number of rotatable bonds is 8. The van der Waals surface area contributed by atoms with Gasteiger partial charge in [-0.2, -0.15) is 0 Å². The minimum Gasteiger partial charge on any atom is -0.493 e. The van der Waals surface area contributed by atoms with Gasteiger partial charge in [-0.15, -0.1) is 11.3 Å². The fourth-order valence-corrected chi connectivity index (χ4v) is 2.68. The van der Waals surface area contributed by atoms with E-state index in [-0.39, 0.29) is 11.8 Å². The first-order chi connectivity index (χ1) is 12.0. The molecule has 2 amide bonds. The highest BCUT2D eigenvalue weighted by Crippen LogP contribution is 2.13. The average Bonchev–Trinajstić information content (AvgIpc) is 3.13. The van der Waals surface area contributed by atoms with Gasteiger partial charge in [0.25, 0.3) is 5.91 Å². The second-order valence-electron chi connectivity index (χ2n) is 6.24. The average molecular weight is 360 g/mol. The molecule has 0 aliphatic heterocycles. The highest BCUT2D eigenvalue weighted by atomic mass is 32.1. The standard InChI is InChI=1S/C19H24N2O3S/c1-13(2)12-24-16-8-6-15(7-9-16)11-20-18(22)14(3)21-19(23)17-5-4-10-25-17/h4-10,13-14H,11-12H2,1-3H3,(H,20,22)(H,21,23). The van der Waals surface area contributed by atoms with Crippen LogP contribution < -0.4 is 15.4 Å². The van der Waals surface area contributed by atoms with Crippen LogP contribution in [-0.4, -0.2) is 24.5 Å². The third-order valence-corrected chi connectivity index (χ3v) is 4.33. The van der Waals surface area contributed by atoms with Crippen LogP contribution in [0.3, 0.4) is 0 Å². The molecule has 1 atom stereocenters. The molecule has 1 aromatic carbocycles. The Morgan fingerprint density at radius 2 is 1.84 bits per heavy atom. The van der Waals surface area contributed by atoms with E-state index in [1.54, 1.807) is 19.1 Å². The second kappa shape index (κ2) is 9.22. The zero-order valence-electron chi connectivity index (χ0n) is 14.7. The quantitative estimate of drug-likeness (QED) is 0.759. The smallest absolute Gasteiger partial charge is 0.261 e. The number of ether oxygens (including phenoxy) is 1. The van der Waals surface area contributed by atoms with Crippen molar-refractivity contribution in [1.29, 1.82) is 0 Å². The summed E-state index contributed by atoms with van der Waals surface area (Å²) in [4.78, 5) is 24.7. The molecule has 25 heavy (non-hydrogen) atoms. The maximum atomic E-state index is 12.1. The van der Waals surface area contributed by atoms with Crippen molar-refractivity contribution < 1.29 is 14.3 Å². The molecular weight excluding hydrogens is 336 g/mol. The first kappa shape index (κ1) is 19.0. The van der Waals surface area contributed by atoms with Crippen LogP contribution in [0.25, 0.3) is 0 Å². The van der Waals surface area contributed by atoms with Crippen LogP contribution in [-0.2, 0) is 11.3 Å². The summed E-state index contributed by atoms with van der Waals surface area (Å²) >= 11 is 1.35. The molecule has 0 saturated heterocycles. The van der Waals surface area contributed by atoms with Crippen molar-refractivity contribution in [2.45, 2.75) is 33.4 Å². The van der Waals surface area contributed by atoms with Crippen molar-refractivity contribution in [3.63, 3.8) is 0 Å². The SMILES string of the molecule is CC(C)COc1ccc(CNC(=O)C(C)NC(=O)c2cccs2)cc1. The summed E-state index contributed by atoms with van der Waals surface area (Å²) in [5.74, 6) is 0.847. The number of thiophene rings is 1. The molecule has 0 fully saturated rings. The number of hydrogen-bond donors (Lipinski definition) is 2. The zero-order chi connectivity index (χ0) is 18.2. The van der Waals surface area contributed by atoms with Crippen LogP contribution >= 0.6 is 11.3 Å². The molecule has 134 valence electrons. The second-order valence-corrected chi connectivity index (χ2v) is 7.19. The van der Waals surface area contributed by atoms with Crippen molar-refractivity contribution in [2.24, 2.45) is 5.92 Å². The van der Waals surface area contributed by atoms with E-state index in [9.17, 15) is 9.59 Å². The van der Waals surface area contributed by atoms with Crippen molar-refractivity contribution in [2.75, 3.05) is 6.61 Å². The third kappa shape index (κ3) is 6.23. The van der Waals surface area contributed by atoms with E-state index in [0.717, 1.165) is 11.3 Å². The Kier molecular flexibility index (Phi) is 7.01. The Morgan fingerprint density at radius 1 is 1.12 bits per heavy atom. The Hall–Kier alpha value is -2.34. The molecule has 0 radical (unpaired) electrons. The molecule has 0 spiro atoms. The minimum atomic E-state index is -0.594. The van der Waals surface area contributed by atoms with Crippen LogP contribution in [0.15, 0.2) is 41.8 Å². The molecule has 5 nitrogen and oxygen atoms in total. The number of carbonyl (C=O) groups is 2. The Morgan fingerprint density at radius 3 is 2.44 bits per heavy atom. The minimum absolute atomic E-state index is 0.218. The van der Waals surface area contributed by atoms with Crippen LogP contribution in [0.1, 0.15) is 36.0 Å². The molecule has 0 aliphatic carbocycles. The fourth-order valence-electron chi connectivity index (χ4n) is 2.05. The lowest BCUT2D eigenvalue weighted by Crippen LogP contribution is -2.44. The van der Waals surface area contributed by atoms with E-state index in [1.165, 1.54) is 11.3 Å². The van der Waals surface area contributed by atoms with Gasteiger partial charge in [0, 0.05) is 6.54 Å². The maximum absolute atomic E-state index is 12.1. The molecule has 6 heteroatoms. The summed E-state index contributed by atoms with van der Waals surface area (Å²) in [6.45, 7) is 6.95. The number of nitrogens with one attached hydrogen (secondary N) is 2. The normalized spacial score (nSPS) is 11.8. The fraction of sp³-hybridized carbons (Fsp3) is 0.368. The summed E-state index contributed by atoms with van der Waals surface area (Å²) in [5.41, 5.74) is 0.974. The van der Waals surface area contributed by atoms with Gasteiger partial charge in [-0.25, -0.2) is 0 Å². The lowest BCUT2D eigenvalue weighted by atomic mass is 10.2. The molecule has 1 aromatic heterocycles. The molecule has 1 heterocycles. The number of hydrogen-bond acceptors (Lipinski definition) is 4. The molecule has 0 saturated carbocycles. The van der Waals surface area contributed by atoms with Crippen molar-refractivity contribution in [3.05, 3.63) is 52.2 Å². The summed E-state index contributed by atoms with van der Waals surface area (Å²) in [6, 6.07) is 10.6. The third-order valence-electron chi connectivity index (χ3n) is 3.46. The van der Waals surface area contributed by atoms with Gasteiger partial charge in [-0.1, -0.05) is 32.0 Å². The molecule has 2 N–H and O–H groups in total. The highest BCUT2D eigenvalue weighted by molar-refractivity contribution is 7.12. The first-order valence-corrected chi connectivity index (χ1v) is 9.17. The molecule has 0 aliphatic rings. The van der Waals surface area contributed by atoms with Gasteiger partial charge in [-0.3, -0.25) is 9.59 Å². The van der Waals surface area contributed by atoms with E-state index in [4.69, 9.17) is 4.74 Å². The van der Waals surface area contributed by atoms with Crippen molar-refractivity contribution in [1.82, 2.24) is 10.6 Å². The predicted octanol–water partition coefficient (Wildman–Crippen LogP) is 3.22. The number of carbonyl (C=O) groups excluding carboxylic acids is 2. The topological polar surface area (TPSA) is 67.4 Å². The van der Waals surface area contributed by atoms with E-state index < -0.39 is 6.04 Å². The lowest BCUT2D eigenvalue weighted by Gasteiger charge is -2.14. The van der Waals surface area contributed by atoms with Crippen LogP contribution in [0, 0.1) is 5.92 Å². The first-order valence-electron chi connectivity index (χ1n) is 8.29. The summed E-state index contributed by atoms with van der Waals surface area (Å²) in [7, 11) is 0. The molecule has 2 rings (SSSR count). The van der Waals surface area contributed by atoms with E-state index in [0.29, 0.717) is 23.9 Å². The van der Waals surface area contributed by atoms with E-state index >= 15 is 0 Å². The Labute approximate surface area is 152 Å². The largest absolute Gasteiger partial charge is 0.493 e. The Balaban J connectivity index is 1.78. The monoisotopic (exact) mass is 360 g/mol. The van der Waals surface area contributed by atoms with Gasteiger partial charge in [0.2, 0.25) is 5.91 Å². The molecule has 1 unspecified atom stereocenters. The van der Waals surface area contributed by atoms with E-state index in [2.05, 4.69) is 24.5 Å². The van der Waals surface area contributed by atoms with Gasteiger partial charge in [0.15, 0.2) is 0 Å². The van der Waals surface area contributed by atoms with Gasteiger partial charge < -0.3 is 15.4 Å². The van der Waals surface area contributed by atoms with Crippen LogP contribution in [0.2, 0.25) is 0 Å². The summed E-state index contributed by atoms with van der Waals surface area (Å²) < 4.78 is 5.63. The van der Waals surface area contributed by atoms with Crippen molar-refractivity contribution in [3.8, 4) is 5.75 Å². The van der Waals surface area contributed by atoms with Gasteiger partial charge in [0.05, 0.1) is 11.5 Å². The van der Waals surface area contributed by atoms with Crippen LogP contribution in [0.4, 0.5) is 0 Å². The van der Waals surface area contributed by atoms with Crippen molar-refractivity contribution >= 4 is 23.2 Å². The molecule has 2 aromatic rings. The molecule has 0 bridgehead atoms. The van der Waals surface area contributed by atoms with E-state index in [1.807, 2.05) is 29.6 Å². The predicted molar refractivity (Wildman–Crippen MR) is 99.9 cm³/mol. The zero-order valence-corrected chi connectivity index (χ0v) is 15.6. The number of amides is 2. The molecular formula is C19H24N2O3S. The summed E-state index contributed by atoms with van der Waals surface area (Å²) in [5, 5.41) is 7.35. The van der Waals surface area contributed by atoms with Crippen LogP contribution in [0.5, 0.6) is 5.75 Å².